The molecule has 0 N–H and O–H groups in total. The summed E-state index contributed by atoms with van der Waals surface area (Å²) in [6.45, 7) is 6.44. The van der Waals surface area contributed by atoms with E-state index >= 15 is 0 Å². The van der Waals surface area contributed by atoms with Crippen LogP contribution in [-0.2, 0) is 6.42 Å². The smallest absolute Gasteiger partial charge is 0.121 e. The molecule has 22 heavy (non-hydrogen) atoms. The first-order valence-corrected chi connectivity index (χ1v) is 7.67. The fourth-order valence-electron chi connectivity index (χ4n) is 2.97. The standard InChI is InChI=1S/C20H21NO/c1-5-15-11-19(16-9-13(2)8-14(3)10-16)21-20-12-17(22-4)6-7-18(15)20/h6-12H,5H2,1-4H3. The van der Waals surface area contributed by atoms with Gasteiger partial charge in [0.2, 0.25) is 0 Å². The van der Waals surface area contributed by atoms with Gasteiger partial charge in [0.05, 0.1) is 18.3 Å². The summed E-state index contributed by atoms with van der Waals surface area (Å²) in [6, 6.07) is 14.9. The van der Waals surface area contributed by atoms with E-state index < -0.39 is 0 Å². The molecule has 112 valence electrons. The van der Waals surface area contributed by atoms with E-state index in [4.69, 9.17) is 9.72 Å². The minimum absolute atomic E-state index is 0.847. The molecule has 3 rings (SSSR count). The summed E-state index contributed by atoms with van der Waals surface area (Å²) < 4.78 is 5.34. The number of methoxy groups -OCH3 is 1. The van der Waals surface area contributed by atoms with E-state index in [0.29, 0.717) is 0 Å². The van der Waals surface area contributed by atoms with Crippen LogP contribution in [0.2, 0.25) is 0 Å². The minimum atomic E-state index is 0.847. The maximum atomic E-state index is 5.34. The molecule has 0 aliphatic rings. The summed E-state index contributed by atoms with van der Waals surface area (Å²) in [5.74, 6) is 0.847. The van der Waals surface area contributed by atoms with Crippen molar-refractivity contribution in [3.05, 3.63) is 59.2 Å². The Kier molecular flexibility index (Phi) is 3.84. The van der Waals surface area contributed by atoms with E-state index in [9.17, 15) is 0 Å². The number of nitrogens with zero attached hydrogens (tertiary/aromatic N) is 1. The lowest BCUT2D eigenvalue weighted by atomic mass is 10.00. The number of hydrogen-bond donors (Lipinski definition) is 0. The molecule has 1 aromatic heterocycles. The molecular weight excluding hydrogens is 270 g/mol. The first-order chi connectivity index (χ1) is 10.6. The van der Waals surface area contributed by atoms with Gasteiger partial charge in [-0.1, -0.05) is 24.1 Å². The highest BCUT2D eigenvalue weighted by molar-refractivity contribution is 5.86. The van der Waals surface area contributed by atoms with E-state index in [1.165, 1.54) is 27.6 Å². The largest absolute Gasteiger partial charge is 0.497 e. The summed E-state index contributed by atoms with van der Waals surface area (Å²) in [7, 11) is 1.69. The van der Waals surface area contributed by atoms with Crippen molar-refractivity contribution in [2.75, 3.05) is 7.11 Å². The Bertz CT molecular complexity index is 816. The molecule has 2 heteroatoms. The number of rotatable bonds is 3. The van der Waals surface area contributed by atoms with Crippen LogP contribution in [0.1, 0.15) is 23.6 Å². The van der Waals surface area contributed by atoms with E-state index in [-0.39, 0.29) is 0 Å². The number of fused-ring (bicyclic) bond motifs is 1. The average molecular weight is 291 g/mol. The third-order valence-electron chi connectivity index (χ3n) is 4.00. The van der Waals surface area contributed by atoms with Crippen LogP contribution in [-0.4, -0.2) is 12.1 Å². The zero-order chi connectivity index (χ0) is 15.7. The maximum absolute atomic E-state index is 5.34. The van der Waals surface area contributed by atoms with Gasteiger partial charge < -0.3 is 4.74 Å². The highest BCUT2D eigenvalue weighted by Gasteiger charge is 2.08. The number of ether oxygens (including phenoxy) is 1. The van der Waals surface area contributed by atoms with E-state index in [0.717, 1.165) is 23.4 Å². The molecule has 0 aliphatic carbocycles. The Morgan fingerprint density at radius 1 is 0.955 bits per heavy atom. The van der Waals surface area contributed by atoms with Gasteiger partial charge in [0.1, 0.15) is 5.75 Å². The van der Waals surface area contributed by atoms with Crippen molar-refractivity contribution >= 4 is 10.9 Å². The average Bonchev–Trinajstić information content (AvgIpc) is 2.52. The third-order valence-corrected chi connectivity index (χ3v) is 4.00. The van der Waals surface area contributed by atoms with Gasteiger partial charge >= 0.3 is 0 Å². The monoisotopic (exact) mass is 291 g/mol. The number of aromatic nitrogens is 1. The van der Waals surface area contributed by atoms with Gasteiger partial charge in [-0.2, -0.15) is 0 Å². The van der Waals surface area contributed by atoms with Crippen molar-refractivity contribution in [3.63, 3.8) is 0 Å². The molecular formula is C20H21NO. The molecule has 3 aromatic rings. The van der Waals surface area contributed by atoms with Gasteiger partial charge in [-0.05, 0) is 56.2 Å². The minimum Gasteiger partial charge on any atom is -0.497 e. The van der Waals surface area contributed by atoms with Gasteiger partial charge in [0.15, 0.2) is 0 Å². The van der Waals surface area contributed by atoms with Gasteiger partial charge in [-0.25, -0.2) is 4.98 Å². The summed E-state index contributed by atoms with van der Waals surface area (Å²) in [4.78, 5) is 4.86. The normalized spacial score (nSPS) is 10.9. The molecule has 0 saturated heterocycles. The van der Waals surface area contributed by atoms with Crippen LogP contribution in [0.3, 0.4) is 0 Å². The molecule has 0 fully saturated rings. The zero-order valence-electron chi connectivity index (χ0n) is 13.6. The topological polar surface area (TPSA) is 22.1 Å². The van der Waals surface area contributed by atoms with Crippen molar-refractivity contribution < 1.29 is 4.74 Å². The van der Waals surface area contributed by atoms with Gasteiger partial charge in [-0.3, -0.25) is 0 Å². The summed E-state index contributed by atoms with van der Waals surface area (Å²) >= 11 is 0. The third kappa shape index (κ3) is 2.69. The van der Waals surface area contributed by atoms with Crippen molar-refractivity contribution in [1.82, 2.24) is 4.98 Å². The number of benzene rings is 2. The quantitative estimate of drug-likeness (QED) is 0.670. The molecule has 2 nitrogen and oxygen atoms in total. The van der Waals surface area contributed by atoms with E-state index in [1.807, 2.05) is 12.1 Å². The zero-order valence-corrected chi connectivity index (χ0v) is 13.6. The Morgan fingerprint density at radius 3 is 2.32 bits per heavy atom. The second-order valence-corrected chi connectivity index (χ2v) is 5.78. The van der Waals surface area contributed by atoms with Crippen molar-refractivity contribution in [2.45, 2.75) is 27.2 Å². The van der Waals surface area contributed by atoms with Crippen LogP contribution in [0, 0.1) is 13.8 Å². The summed E-state index contributed by atoms with van der Waals surface area (Å²) in [6.07, 6.45) is 0.989. The number of pyridine rings is 1. The second kappa shape index (κ2) is 5.80. The first kappa shape index (κ1) is 14.6. The number of aryl methyl sites for hydroxylation is 3. The number of hydrogen-bond acceptors (Lipinski definition) is 2. The van der Waals surface area contributed by atoms with Crippen LogP contribution in [0.25, 0.3) is 22.2 Å². The SMILES string of the molecule is CCc1cc(-c2cc(C)cc(C)c2)nc2cc(OC)ccc12. The molecule has 0 amide bonds. The van der Waals surface area contributed by atoms with Gasteiger partial charge in [0, 0.05) is 17.0 Å². The lowest BCUT2D eigenvalue weighted by molar-refractivity contribution is 0.415. The lowest BCUT2D eigenvalue weighted by Gasteiger charge is -2.11. The Balaban J connectivity index is 2.25. The van der Waals surface area contributed by atoms with Crippen LogP contribution < -0.4 is 4.74 Å². The molecule has 0 saturated carbocycles. The van der Waals surface area contributed by atoms with Crippen molar-refractivity contribution in [1.29, 1.82) is 0 Å². The fourth-order valence-corrected chi connectivity index (χ4v) is 2.97. The molecule has 0 spiro atoms. The highest BCUT2D eigenvalue weighted by atomic mass is 16.5. The predicted molar refractivity (Wildman–Crippen MR) is 92.6 cm³/mol. The Labute approximate surface area is 131 Å². The molecule has 0 bridgehead atoms. The summed E-state index contributed by atoms with van der Waals surface area (Å²) in [5, 5.41) is 1.21. The maximum Gasteiger partial charge on any atom is 0.121 e. The van der Waals surface area contributed by atoms with Crippen LogP contribution in [0.5, 0.6) is 5.75 Å². The Morgan fingerprint density at radius 2 is 1.68 bits per heavy atom. The molecule has 0 atom stereocenters. The Hall–Kier alpha value is -2.35. The van der Waals surface area contributed by atoms with Crippen molar-refractivity contribution in [3.8, 4) is 17.0 Å². The molecule has 2 aromatic carbocycles. The molecule has 1 heterocycles. The van der Waals surface area contributed by atoms with E-state index in [2.05, 4.69) is 51.1 Å². The van der Waals surface area contributed by atoms with Crippen LogP contribution in [0.15, 0.2) is 42.5 Å². The predicted octanol–water partition coefficient (Wildman–Crippen LogP) is 5.09. The fraction of sp³-hybridized carbons (Fsp3) is 0.250. The molecule has 0 unspecified atom stereocenters. The van der Waals surface area contributed by atoms with Gasteiger partial charge in [0.25, 0.3) is 0 Å². The van der Waals surface area contributed by atoms with Crippen LogP contribution >= 0.6 is 0 Å². The molecule has 0 radical (unpaired) electrons. The lowest BCUT2D eigenvalue weighted by Crippen LogP contribution is -1.93. The van der Waals surface area contributed by atoms with Gasteiger partial charge in [-0.15, -0.1) is 0 Å². The van der Waals surface area contributed by atoms with Crippen LogP contribution in [0.4, 0.5) is 0 Å². The second-order valence-electron chi connectivity index (χ2n) is 5.78. The van der Waals surface area contributed by atoms with Crippen molar-refractivity contribution in [2.24, 2.45) is 0 Å². The molecule has 0 aliphatic heterocycles. The van der Waals surface area contributed by atoms with E-state index in [1.54, 1.807) is 7.11 Å². The first-order valence-electron chi connectivity index (χ1n) is 7.67. The summed E-state index contributed by atoms with van der Waals surface area (Å²) in [5.41, 5.74) is 7.05. The highest BCUT2D eigenvalue weighted by Crippen LogP contribution is 2.28.